The number of hydrogen-bond donors (Lipinski definition) is 1. The van der Waals surface area contributed by atoms with Crippen molar-refractivity contribution in [2.75, 3.05) is 6.61 Å². The van der Waals surface area contributed by atoms with Gasteiger partial charge in [-0.05, 0) is 28.9 Å². The molecule has 1 rings (SSSR count). The maximum Gasteiger partial charge on any atom is 0.313 e. The highest BCUT2D eigenvalue weighted by Crippen LogP contribution is 2.37. The van der Waals surface area contributed by atoms with E-state index in [0.717, 1.165) is 0 Å². The Labute approximate surface area is 105 Å². The van der Waals surface area contributed by atoms with Crippen LogP contribution in [0.2, 0.25) is 5.02 Å². The van der Waals surface area contributed by atoms with Crippen LogP contribution in [0.25, 0.3) is 0 Å². The Bertz CT molecular complexity index is 411. The van der Waals surface area contributed by atoms with Gasteiger partial charge in [0.2, 0.25) is 5.75 Å². The molecular weight excluding hydrogens is 301 g/mol. The van der Waals surface area contributed by atoms with Crippen molar-refractivity contribution >= 4 is 33.2 Å². The molecule has 0 radical (unpaired) electrons. The number of ether oxygens (including phenoxy) is 1. The van der Waals surface area contributed by atoms with Gasteiger partial charge < -0.3 is 9.84 Å². The van der Waals surface area contributed by atoms with Crippen molar-refractivity contribution in [1.82, 2.24) is 0 Å². The van der Waals surface area contributed by atoms with Gasteiger partial charge >= 0.3 is 5.69 Å². The molecule has 88 valence electrons. The molecule has 16 heavy (non-hydrogen) atoms. The Morgan fingerprint density at radius 3 is 2.81 bits per heavy atom. The molecular formula is C9H9BrClNO4. The van der Waals surface area contributed by atoms with Gasteiger partial charge in [-0.3, -0.25) is 10.1 Å². The Morgan fingerprint density at radius 1 is 1.69 bits per heavy atom. The van der Waals surface area contributed by atoms with E-state index in [0.29, 0.717) is 4.47 Å². The van der Waals surface area contributed by atoms with Crippen LogP contribution >= 0.6 is 27.5 Å². The van der Waals surface area contributed by atoms with Crippen molar-refractivity contribution in [2.45, 2.75) is 13.0 Å². The first-order valence-corrected chi connectivity index (χ1v) is 5.53. The molecule has 1 atom stereocenters. The van der Waals surface area contributed by atoms with Crippen molar-refractivity contribution in [3.8, 4) is 5.75 Å². The molecule has 0 unspecified atom stereocenters. The van der Waals surface area contributed by atoms with Crippen molar-refractivity contribution < 1.29 is 14.8 Å². The van der Waals surface area contributed by atoms with Gasteiger partial charge in [0.25, 0.3) is 0 Å². The van der Waals surface area contributed by atoms with Crippen molar-refractivity contribution in [3.63, 3.8) is 0 Å². The van der Waals surface area contributed by atoms with Crippen molar-refractivity contribution in [1.29, 1.82) is 0 Å². The lowest BCUT2D eigenvalue weighted by molar-refractivity contribution is -0.386. The monoisotopic (exact) mass is 309 g/mol. The summed E-state index contributed by atoms with van der Waals surface area (Å²) >= 11 is 8.81. The first kappa shape index (κ1) is 13.2. The summed E-state index contributed by atoms with van der Waals surface area (Å²) in [5, 5.41) is 20.0. The highest BCUT2D eigenvalue weighted by Gasteiger charge is 2.20. The molecule has 0 spiro atoms. The second kappa shape index (κ2) is 5.47. The highest BCUT2D eigenvalue weighted by molar-refractivity contribution is 9.10. The summed E-state index contributed by atoms with van der Waals surface area (Å²) in [5.74, 6) is 0.0651. The van der Waals surface area contributed by atoms with Gasteiger partial charge in [-0.25, -0.2) is 0 Å². The second-order valence-electron chi connectivity index (χ2n) is 3.15. The maximum atomic E-state index is 10.8. The van der Waals surface area contributed by atoms with E-state index >= 15 is 0 Å². The van der Waals surface area contributed by atoms with Gasteiger partial charge in [-0.15, -0.1) is 0 Å². The average molecular weight is 311 g/mol. The van der Waals surface area contributed by atoms with Gasteiger partial charge in [0.15, 0.2) is 0 Å². The number of nitro benzene ring substituents is 1. The minimum absolute atomic E-state index is 0.0267. The molecule has 0 saturated carbocycles. The van der Waals surface area contributed by atoms with Crippen LogP contribution < -0.4 is 4.74 Å². The number of aliphatic hydroxyl groups is 1. The first-order chi connectivity index (χ1) is 7.41. The predicted octanol–water partition coefficient (Wildman–Crippen LogP) is 2.77. The summed E-state index contributed by atoms with van der Waals surface area (Å²) in [4.78, 5) is 10.2. The molecule has 0 aliphatic rings. The number of aliphatic hydroxyl groups excluding tert-OH is 1. The van der Waals surface area contributed by atoms with Crippen molar-refractivity contribution in [3.05, 3.63) is 31.7 Å². The standard InChI is InChI=1S/C9H9BrClNO4/c1-5(13)4-16-9-7(10)2-6(11)3-8(9)12(14)15/h2-3,5,13H,4H2,1H3/t5-/m0/s1. The quantitative estimate of drug-likeness (QED) is 0.685. The van der Waals surface area contributed by atoms with Crippen LogP contribution in [0.4, 0.5) is 5.69 Å². The SMILES string of the molecule is C[C@H](O)COc1c(Br)cc(Cl)cc1[N+](=O)[O-]. The number of halogens is 2. The Balaban J connectivity index is 3.09. The molecule has 0 saturated heterocycles. The van der Waals surface area contributed by atoms with Crippen LogP contribution in [0.15, 0.2) is 16.6 Å². The lowest BCUT2D eigenvalue weighted by atomic mass is 10.3. The zero-order chi connectivity index (χ0) is 12.3. The molecule has 0 aliphatic carbocycles. The topological polar surface area (TPSA) is 72.6 Å². The Morgan fingerprint density at radius 2 is 2.31 bits per heavy atom. The van der Waals surface area contributed by atoms with E-state index in [1.807, 2.05) is 0 Å². The fourth-order valence-corrected chi connectivity index (χ4v) is 1.94. The second-order valence-corrected chi connectivity index (χ2v) is 4.44. The molecule has 1 aromatic carbocycles. The Hall–Kier alpha value is -0.850. The average Bonchev–Trinajstić information content (AvgIpc) is 2.14. The highest BCUT2D eigenvalue weighted by atomic mass is 79.9. The lowest BCUT2D eigenvalue weighted by Gasteiger charge is -2.10. The molecule has 0 amide bonds. The summed E-state index contributed by atoms with van der Waals surface area (Å²) in [5.41, 5.74) is -0.236. The van der Waals surface area contributed by atoms with E-state index in [4.69, 9.17) is 21.4 Å². The lowest BCUT2D eigenvalue weighted by Crippen LogP contribution is -2.13. The zero-order valence-corrected chi connectivity index (χ0v) is 10.7. The van der Waals surface area contributed by atoms with Crippen molar-refractivity contribution in [2.24, 2.45) is 0 Å². The van der Waals surface area contributed by atoms with Crippen LogP contribution in [0.3, 0.4) is 0 Å². The third kappa shape index (κ3) is 3.33. The van der Waals surface area contributed by atoms with E-state index in [2.05, 4.69) is 15.9 Å². The van der Waals surface area contributed by atoms with E-state index in [1.165, 1.54) is 19.1 Å². The van der Waals surface area contributed by atoms with Gasteiger partial charge in [0.1, 0.15) is 6.61 Å². The van der Waals surface area contributed by atoms with E-state index in [9.17, 15) is 10.1 Å². The summed E-state index contributed by atoms with van der Waals surface area (Å²) in [7, 11) is 0. The summed E-state index contributed by atoms with van der Waals surface area (Å²) in [6.45, 7) is 1.50. The molecule has 0 aromatic heterocycles. The predicted molar refractivity (Wildman–Crippen MR) is 63.0 cm³/mol. The number of rotatable bonds is 4. The molecule has 0 fully saturated rings. The fraction of sp³-hybridized carbons (Fsp3) is 0.333. The third-order valence-electron chi connectivity index (χ3n) is 1.65. The first-order valence-electron chi connectivity index (χ1n) is 4.36. The fourth-order valence-electron chi connectivity index (χ4n) is 1.03. The number of nitrogens with zero attached hydrogens (tertiary/aromatic N) is 1. The largest absolute Gasteiger partial charge is 0.483 e. The third-order valence-corrected chi connectivity index (χ3v) is 2.46. The van der Waals surface area contributed by atoms with Gasteiger partial charge in [0.05, 0.1) is 15.5 Å². The van der Waals surface area contributed by atoms with E-state index in [1.54, 1.807) is 0 Å². The number of nitro groups is 1. The van der Waals surface area contributed by atoms with Crippen LogP contribution in [-0.2, 0) is 0 Å². The molecule has 0 bridgehead atoms. The molecule has 0 aliphatic heterocycles. The van der Waals surface area contributed by atoms with E-state index in [-0.39, 0.29) is 23.1 Å². The summed E-state index contributed by atoms with van der Waals surface area (Å²) in [6.07, 6.45) is -0.706. The maximum absolute atomic E-state index is 10.8. The smallest absolute Gasteiger partial charge is 0.313 e. The van der Waals surface area contributed by atoms with Crippen LogP contribution in [0.5, 0.6) is 5.75 Å². The minimum atomic E-state index is -0.706. The van der Waals surface area contributed by atoms with Crippen LogP contribution in [0, 0.1) is 10.1 Å². The summed E-state index contributed by atoms with van der Waals surface area (Å²) < 4.78 is 5.53. The van der Waals surface area contributed by atoms with Crippen LogP contribution in [0.1, 0.15) is 6.92 Å². The van der Waals surface area contributed by atoms with Crippen LogP contribution in [-0.4, -0.2) is 22.7 Å². The zero-order valence-electron chi connectivity index (χ0n) is 8.31. The molecule has 0 heterocycles. The summed E-state index contributed by atoms with van der Waals surface area (Å²) in [6, 6.07) is 2.69. The molecule has 5 nitrogen and oxygen atoms in total. The number of hydrogen-bond acceptors (Lipinski definition) is 4. The molecule has 7 heteroatoms. The normalized spacial score (nSPS) is 12.2. The number of benzene rings is 1. The van der Waals surface area contributed by atoms with Gasteiger partial charge in [-0.1, -0.05) is 11.6 Å². The van der Waals surface area contributed by atoms with Gasteiger partial charge in [0, 0.05) is 11.1 Å². The minimum Gasteiger partial charge on any atom is -0.483 e. The van der Waals surface area contributed by atoms with Gasteiger partial charge in [-0.2, -0.15) is 0 Å². The Kier molecular flexibility index (Phi) is 4.52. The molecule has 1 N–H and O–H groups in total. The molecule has 1 aromatic rings. The van der Waals surface area contributed by atoms with E-state index < -0.39 is 11.0 Å².